The molecule has 0 saturated heterocycles. The maximum absolute atomic E-state index is 6.40. The van der Waals surface area contributed by atoms with Gasteiger partial charge in [0.1, 0.15) is 0 Å². The molecule has 0 aromatic heterocycles. The molecule has 100 valence electrons. The lowest BCUT2D eigenvalue weighted by molar-refractivity contribution is -0.00244. The first-order valence-corrected chi connectivity index (χ1v) is 6.83. The van der Waals surface area contributed by atoms with Gasteiger partial charge >= 0.3 is 0 Å². The molecule has 2 heteroatoms. The van der Waals surface area contributed by atoms with E-state index in [0.717, 1.165) is 0 Å². The Morgan fingerprint density at radius 2 is 1.83 bits per heavy atom. The van der Waals surface area contributed by atoms with Crippen LogP contribution < -0.4 is 5.73 Å². The molecular formula is C16H25NO. The number of fused-ring (bicyclic) bond motifs is 1. The van der Waals surface area contributed by atoms with E-state index in [9.17, 15) is 0 Å². The zero-order chi connectivity index (χ0) is 13.3. The van der Waals surface area contributed by atoms with E-state index in [1.165, 1.54) is 36.0 Å². The molecule has 2 atom stereocenters. The maximum Gasteiger partial charge on any atom is 0.0811 e. The summed E-state index contributed by atoms with van der Waals surface area (Å²) in [5.74, 6) is 0. The van der Waals surface area contributed by atoms with E-state index < -0.39 is 0 Å². The maximum atomic E-state index is 6.40. The fraction of sp³-hybridized carbons (Fsp3) is 0.625. The summed E-state index contributed by atoms with van der Waals surface area (Å²) in [4.78, 5) is 0. The van der Waals surface area contributed by atoms with Gasteiger partial charge in [-0.2, -0.15) is 0 Å². The summed E-state index contributed by atoms with van der Waals surface area (Å²) in [6.45, 7) is 6.52. The van der Waals surface area contributed by atoms with E-state index >= 15 is 0 Å². The molecule has 1 aliphatic rings. The number of hydrogen-bond donors (Lipinski definition) is 1. The van der Waals surface area contributed by atoms with Crippen LogP contribution in [0.2, 0.25) is 0 Å². The van der Waals surface area contributed by atoms with Crippen molar-refractivity contribution in [2.45, 2.75) is 52.2 Å². The van der Waals surface area contributed by atoms with Gasteiger partial charge in [-0.05, 0) is 41.4 Å². The largest absolute Gasteiger partial charge is 0.379 e. The Labute approximate surface area is 111 Å². The Morgan fingerprint density at radius 1 is 1.17 bits per heavy atom. The summed E-state index contributed by atoms with van der Waals surface area (Å²) in [6, 6.07) is 6.64. The minimum absolute atomic E-state index is 0.0388. The summed E-state index contributed by atoms with van der Waals surface area (Å²) in [7, 11) is 1.75. The number of benzene rings is 1. The van der Waals surface area contributed by atoms with E-state index in [1.807, 2.05) is 0 Å². The third kappa shape index (κ3) is 2.60. The summed E-state index contributed by atoms with van der Waals surface area (Å²) >= 11 is 0. The van der Waals surface area contributed by atoms with Crippen molar-refractivity contribution in [3.8, 4) is 0 Å². The SMILES string of the molecule is COC(C(N)c1ccc2c(c1)CCC2)C(C)(C)C. The number of rotatable bonds is 3. The Hall–Kier alpha value is -0.860. The topological polar surface area (TPSA) is 35.2 Å². The van der Waals surface area contributed by atoms with Crippen molar-refractivity contribution in [2.75, 3.05) is 7.11 Å². The van der Waals surface area contributed by atoms with Gasteiger partial charge in [0.25, 0.3) is 0 Å². The van der Waals surface area contributed by atoms with Crippen molar-refractivity contribution in [3.63, 3.8) is 0 Å². The molecule has 1 aromatic carbocycles. The predicted molar refractivity (Wildman–Crippen MR) is 75.6 cm³/mol. The highest BCUT2D eigenvalue weighted by Gasteiger charge is 2.31. The highest BCUT2D eigenvalue weighted by Crippen LogP contribution is 2.33. The third-order valence-electron chi connectivity index (χ3n) is 3.94. The zero-order valence-electron chi connectivity index (χ0n) is 12.0. The van der Waals surface area contributed by atoms with Crippen LogP contribution in [-0.4, -0.2) is 13.2 Å². The molecule has 1 aliphatic carbocycles. The highest BCUT2D eigenvalue weighted by atomic mass is 16.5. The van der Waals surface area contributed by atoms with Crippen molar-refractivity contribution in [2.24, 2.45) is 11.1 Å². The van der Waals surface area contributed by atoms with E-state index in [2.05, 4.69) is 39.0 Å². The summed E-state index contributed by atoms with van der Waals surface area (Å²) < 4.78 is 5.63. The molecule has 0 amide bonds. The predicted octanol–water partition coefficient (Wildman–Crippen LogP) is 3.24. The lowest BCUT2D eigenvalue weighted by Crippen LogP contribution is -2.38. The second kappa shape index (κ2) is 5.02. The minimum atomic E-state index is -0.0547. The second-order valence-electron chi connectivity index (χ2n) is 6.43. The van der Waals surface area contributed by atoms with Gasteiger partial charge < -0.3 is 10.5 Å². The van der Waals surface area contributed by atoms with Gasteiger partial charge in [0.05, 0.1) is 12.1 Å². The molecule has 0 aliphatic heterocycles. The lowest BCUT2D eigenvalue weighted by Gasteiger charge is -2.34. The molecule has 18 heavy (non-hydrogen) atoms. The molecular weight excluding hydrogens is 222 g/mol. The normalized spacial score (nSPS) is 18.5. The summed E-state index contributed by atoms with van der Waals surface area (Å²) in [5, 5.41) is 0. The zero-order valence-corrected chi connectivity index (χ0v) is 12.0. The Balaban J connectivity index is 2.25. The average Bonchev–Trinajstić information content (AvgIpc) is 2.74. The third-order valence-corrected chi connectivity index (χ3v) is 3.94. The van der Waals surface area contributed by atoms with Crippen LogP contribution in [0.15, 0.2) is 18.2 Å². The average molecular weight is 247 g/mol. The van der Waals surface area contributed by atoms with Crippen LogP contribution in [0.25, 0.3) is 0 Å². The number of methoxy groups -OCH3 is 1. The fourth-order valence-corrected chi connectivity index (χ4v) is 3.01. The molecule has 2 rings (SSSR count). The Bertz CT molecular complexity index is 420. The quantitative estimate of drug-likeness (QED) is 0.890. The van der Waals surface area contributed by atoms with Gasteiger partial charge in [-0.15, -0.1) is 0 Å². The first-order valence-electron chi connectivity index (χ1n) is 6.83. The van der Waals surface area contributed by atoms with E-state index in [0.29, 0.717) is 0 Å². The van der Waals surface area contributed by atoms with Crippen LogP contribution in [0.5, 0.6) is 0 Å². The molecule has 0 spiro atoms. The van der Waals surface area contributed by atoms with Crippen molar-refractivity contribution >= 4 is 0 Å². The number of ether oxygens (including phenoxy) is 1. The number of aryl methyl sites for hydroxylation is 2. The van der Waals surface area contributed by atoms with Crippen LogP contribution in [0.4, 0.5) is 0 Å². The monoisotopic (exact) mass is 247 g/mol. The molecule has 2 N–H and O–H groups in total. The first-order chi connectivity index (χ1) is 8.43. The van der Waals surface area contributed by atoms with Crippen molar-refractivity contribution in [3.05, 3.63) is 34.9 Å². The molecule has 1 aromatic rings. The van der Waals surface area contributed by atoms with Gasteiger partial charge in [0.2, 0.25) is 0 Å². The van der Waals surface area contributed by atoms with Crippen LogP contribution in [0.1, 0.15) is 49.9 Å². The van der Waals surface area contributed by atoms with Crippen LogP contribution in [-0.2, 0) is 17.6 Å². The summed E-state index contributed by atoms with van der Waals surface area (Å²) in [6.07, 6.45) is 3.74. The Kier molecular flexibility index (Phi) is 3.79. The minimum Gasteiger partial charge on any atom is -0.379 e. The van der Waals surface area contributed by atoms with Crippen LogP contribution >= 0.6 is 0 Å². The molecule has 0 saturated carbocycles. The molecule has 0 radical (unpaired) electrons. The van der Waals surface area contributed by atoms with Gasteiger partial charge in [-0.1, -0.05) is 39.0 Å². The van der Waals surface area contributed by atoms with Gasteiger partial charge in [-0.25, -0.2) is 0 Å². The highest BCUT2D eigenvalue weighted by molar-refractivity contribution is 5.37. The van der Waals surface area contributed by atoms with E-state index in [4.69, 9.17) is 10.5 Å². The summed E-state index contributed by atoms with van der Waals surface area (Å²) in [5.41, 5.74) is 10.6. The van der Waals surface area contributed by atoms with Crippen molar-refractivity contribution < 1.29 is 4.74 Å². The van der Waals surface area contributed by atoms with Crippen LogP contribution in [0, 0.1) is 5.41 Å². The van der Waals surface area contributed by atoms with Crippen molar-refractivity contribution in [1.29, 1.82) is 0 Å². The standard InChI is InChI=1S/C16H25NO/c1-16(2,3)15(18-4)14(17)13-9-8-11-6-5-7-12(11)10-13/h8-10,14-15H,5-7,17H2,1-4H3. The van der Waals surface area contributed by atoms with Crippen LogP contribution in [0.3, 0.4) is 0 Å². The lowest BCUT2D eigenvalue weighted by atomic mass is 9.82. The molecule has 2 unspecified atom stereocenters. The van der Waals surface area contributed by atoms with Gasteiger partial charge in [-0.3, -0.25) is 0 Å². The number of nitrogens with two attached hydrogens (primary N) is 1. The second-order valence-corrected chi connectivity index (χ2v) is 6.43. The molecule has 0 bridgehead atoms. The van der Waals surface area contributed by atoms with Crippen molar-refractivity contribution in [1.82, 2.24) is 0 Å². The van der Waals surface area contributed by atoms with Gasteiger partial charge in [0.15, 0.2) is 0 Å². The number of hydrogen-bond acceptors (Lipinski definition) is 2. The molecule has 0 heterocycles. The smallest absolute Gasteiger partial charge is 0.0811 e. The van der Waals surface area contributed by atoms with E-state index in [1.54, 1.807) is 7.11 Å². The first kappa shape index (κ1) is 13.6. The fourth-order valence-electron chi connectivity index (χ4n) is 3.01. The van der Waals surface area contributed by atoms with Gasteiger partial charge in [0, 0.05) is 7.11 Å². The Morgan fingerprint density at radius 3 is 2.44 bits per heavy atom. The van der Waals surface area contributed by atoms with E-state index in [-0.39, 0.29) is 17.6 Å². The molecule has 2 nitrogen and oxygen atoms in total. The molecule has 0 fully saturated rings.